The molecule has 0 radical (unpaired) electrons. The van der Waals surface area contributed by atoms with Crippen LogP contribution in [0.25, 0.3) is 6.08 Å². The van der Waals surface area contributed by atoms with Gasteiger partial charge in [-0.2, -0.15) is 13.5 Å². The Kier molecular flexibility index (Phi) is 5.79. The summed E-state index contributed by atoms with van der Waals surface area (Å²) < 4.78 is 0. The molecule has 0 saturated carbocycles. The zero-order chi connectivity index (χ0) is 14.9. The summed E-state index contributed by atoms with van der Waals surface area (Å²) in [6.07, 6.45) is 1.77. The van der Waals surface area contributed by atoms with Crippen LogP contribution in [0.15, 0.2) is 23.8 Å². The third-order valence-electron chi connectivity index (χ3n) is 3.57. The highest BCUT2D eigenvalue weighted by Gasteiger charge is 2.21. The van der Waals surface area contributed by atoms with Gasteiger partial charge < -0.3 is 10.4 Å². The Labute approximate surface area is 133 Å². The summed E-state index contributed by atoms with van der Waals surface area (Å²) in [6.45, 7) is 8.55. The highest BCUT2D eigenvalue weighted by atomic mass is 32.1. The van der Waals surface area contributed by atoms with E-state index >= 15 is 0 Å². The van der Waals surface area contributed by atoms with Crippen molar-refractivity contribution in [2.24, 2.45) is 0 Å². The zero-order valence-electron chi connectivity index (χ0n) is 13.2. The van der Waals surface area contributed by atoms with Crippen molar-refractivity contribution < 1.29 is 9.90 Å². The van der Waals surface area contributed by atoms with Crippen LogP contribution < -0.4 is 5.32 Å². The van der Waals surface area contributed by atoms with Gasteiger partial charge in [0.2, 0.25) is 0 Å². The third-order valence-corrected chi connectivity index (χ3v) is 3.57. The van der Waals surface area contributed by atoms with E-state index in [1.165, 1.54) is 0 Å². The van der Waals surface area contributed by atoms with Gasteiger partial charge in [-0.15, -0.1) is 0 Å². The molecule has 1 aromatic rings. The maximum atomic E-state index is 11.8. The number of Topliss-reactive ketones (excluding diaryl/α,β-unsaturated/α-hetero) is 1. The number of carbonyl (C=O) groups is 1. The molecule has 0 bridgehead atoms. The van der Waals surface area contributed by atoms with E-state index in [1.807, 2.05) is 31.2 Å². The van der Waals surface area contributed by atoms with Crippen molar-refractivity contribution in [1.82, 2.24) is 5.32 Å². The molecule has 2 N–H and O–H groups in total. The predicted octanol–water partition coefficient (Wildman–Crippen LogP) is 2.75. The van der Waals surface area contributed by atoms with Gasteiger partial charge in [-0.05, 0) is 56.0 Å². The molecule has 0 amide bonds. The fraction of sp³-hybridized carbons (Fsp3) is 0.471. The zero-order valence-corrected chi connectivity index (χ0v) is 14.2. The van der Waals surface area contributed by atoms with Gasteiger partial charge in [0.1, 0.15) is 0 Å². The van der Waals surface area contributed by atoms with Crippen LogP contribution in [0.2, 0.25) is 0 Å². The normalized spacial score (nSPS) is 15.9. The minimum atomic E-state index is -0.568. The lowest BCUT2D eigenvalue weighted by molar-refractivity contribution is -0.114. The minimum Gasteiger partial charge on any atom is -0.387 e. The van der Waals surface area contributed by atoms with Gasteiger partial charge in [0.15, 0.2) is 5.78 Å². The van der Waals surface area contributed by atoms with E-state index < -0.39 is 6.10 Å². The largest absolute Gasteiger partial charge is 0.387 e. The Morgan fingerprint density at radius 3 is 2.62 bits per heavy atom. The first-order valence-electron chi connectivity index (χ1n) is 7.04. The number of hydrogen-bond donors (Lipinski definition) is 2. The van der Waals surface area contributed by atoms with Crippen LogP contribution in [-0.2, 0) is 11.2 Å². The SMILES string of the molecule is CC1=Cc2c(cccc2[C@H](O)CNC(C)(C)C)CC1=O.S. The number of allylic oxidation sites excluding steroid dienone is 1. The lowest BCUT2D eigenvalue weighted by Crippen LogP contribution is -2.38. The first-order valence-corrected chi connectivity index (χ1v) is 7.04. The van der Waals surface area contributed by atoms with Crippen LogP contribution in [0, 0.1) is 0 Å². The Balaban J connectivity index is 0.00000220. The van der Waals surface area contributed by atoms with E-state index in [0.29, 0.717) is 13.0 Å². The highest BCUT2D eigenvalue weighted by Crippen LogP contribution is 2.28. The Morgan fingerprint density at radius 1 is 1.33 bits per heavy atom. The van der Waals surface area contributed by atoms with Gasteiger partial charge in [-0.3, -0.25) is 4.79 Å². The first-order chi connectivity index (χ1) is 9.28. The number of fused-ring (bicyclic) bond motifs is 1. The number of hydrogen-bond acceptors (Lipinski definition) is 3. The molecule has 1 aliphatic rings. The van der Waals surface area contributed by atoms with E-state index in [0.717, 1.165) is 22.3 Å². The molecule has 4 heteroatoms. The Bertz CT molecular complexity index is 558. The topological polar surface area (TPSA) is 49.3 Å². The lowest BCUT2D eigenvalue weighted by Gasteiger charge is -2.25. The molecule has 0 aliphatic heterocycles. The Morgan fingerprint density at radius 2 is 2.00 bits per heavy atom. The molecule has 1 aliphatic carbocycles. The van der Waals surface area contributed by atoms with E-state index in [2.05, 4.69) is 26.1 Å². The van der Waals surface area contributed by atoms with Crippen LogP contribution in [0.3, 0.4) is 0 Å². The van der Waals surface area contributed by atoms with Crippen LogP contribution in [0.1, 0.15) is 50.5 Å². The Hall–Kier alpha value is -1.10. The molecule has 1 atom stereocenters. The maximum absolute atomic E-state index is 11.8. The summed E-state index contributed by atoms with van der Waals surface area (Å²) in [5.74, 6) is 0.164. The van der Waals surface area contributed by atoms with Gasteiger partial charge in [-0.1, -0.05) is 18.2 Å². The van der Waals surface area contributed by atoms with E-state index in [-0.39, 0.29) is 24.8 Å². The van der Waals surface area contributed by atoms with Gasteiger partial charge in [0.05, 0.1) is 6.10 Å². The van der Waals surface area contributed by atoms with Crippen LogP contribution in [0.4, 0.5) is 0 Å². The molecular formula is C17H25NO2S. The lowest BCUT2D eigenvalue weighted by atomic mass is 9.87. The standard InChI is InChI=1S/C17H23NO2.H2S/c1-11-8-14-12(9-15(11)19)6-5-7-13(14)16(20)10-18-17(2,3)4;/h5-8,16,18,20H,9-10H2,1-4H3;1H2/t16-;/m1./s1. The van der Waals surface area contributed by atoms with Crippen molar-refractivity contribution in [3.05, 3.63) is 40.5 Å². The number of rotatable bonds is 3. The van der Waals surface area contributed by atoms with Crippen molar-refractivity contribution in [2.75, 3.05) is 6.54 Å². The van der Waals surface area contributed by atoms with E-state index in [4.69, 9.17) is 0 Å². The molecule has 0 aromatic heterocycles. The first kappa shape index (κ1) is 18.0. The monoisotopic (exact) mass is 307 g/mol. The molecule has 2 rings (SSSR count). The molecule has 21 heavy (non-hydrogen) atoms. The number of carbonyl (C=O) groups excluding carboxylic acids is 1. The molecule has 0 fully saturated rings. The van der Waals surface area contributed by atoms with Crippen LogP contribution in [-0.4, -0.2) is 23.0 Å². The number of aliphatic hydroxyl groups is 1. The summed E-state index contributed by atoms with van der Waals surface area (Å²) in [5.41, 5.74) is 3.64. The average molecular weight is 307 g/mol. The van der Waals surface area contributed by atoms with Gasteiger partial charge in [-0.25, -0.2) is 0 Å². The average Bonchev–Trinajstić information content (AvgIpc) is 2.36. The number of nitrogens with one attached hydrogen (secondary N) is 1. The molecule has 0 unspecified atom stereocenters. The highest BCUT2D eigenvalue weighted by molar-refractivity contribution is 7.59. The van der Waals surface area contributed by atoms with Crippen LogP contribution in [0.5, 0.6) is 0 Å². The minimum absolute atomic E-state index is 0. The van der Waals surface area contributed by atoms with E-state index in [1.54, 1.807) is 0 Å². The number of β-amino-alcohol motifs (C(OH)–C–C–N with tert-alkyl or cyclic N) is 1. The number of aliphatic hydroxyl groups excluding tert-OH is 1. The second-order valence-corrected chi connectivity index (χ2v) is 6.49. The van der Waals surface area contributed by atoms with Crippen molar-refractivity contribution in [3.8, 4) is 0 Å². The summed E-state index contributed by atoms with van der Waals surface area (Å²) >= 11 is 0. The van der Waals surface area contributed by atoms with Crippen molar-refractivity contribution in [2.45, 2.75) is 45.8 Å². The van der Waals surface area contributed by atoms with Crippen molar-refractivity contribution in [1.29, 1.82) is 0 Å². The molecule has 116 valence electrons. The van der Waals surface area contributed by atoms with Gasteiger partial charge in [0.25, 0.3) is 0 Å². The van der Waals surface area contributed by atoms with E-state index in [9.17, 15) is 9.90 Å². The molecule has 0 saturated heterocycles. The summed E-state index contributed by atoms with van der Waals surface area (Å²) in [4.78, 5) is 11.8. The summed E-state index contributed by atoms with van der Waals surface area (Å²) in [7, 11) is 0. The number of benzene rings is 1. The molecular weight excluding hydrogens is 282 g/mol. The quantitative estimate of drug-likeness (QED) is 0.903. The van der Waals surface area contributed by atoms with Crippen LogP contribution >= 0.6 is 13.5 Å². The van der Waals surface area contributed by atoms with Gasteiger partial charge in [0, 0.05) is 18.5 Å². The fourth-order valence-electron chi connectivity index (χ4n) is 2.38. The molecule has 3 nitrogen and oxygen atoms in total. The van der Waals surface area contributed by atoms with Crippen molar-refractivity contribution in [3.63, 3.8) is 0 Å². The van der Waals surface area contributed by atoms with Gasteiger partial charge >= 0.3 is 0 Å². The smallest absolute Gasteiger partial charge is 0.162 e. The summed E-state index contributed by atoms with van der Waals surface area (Å²) in [5, 5.41) is 13.7. The summed E-state index contributed by atoms with van der Waals surface area (Å²) in [6, 6.07) is 5.81. The second-order valence-electron chi connectivity index (χ2n) is 6.49. The maximum Gasteiger partial charge on any atom is 0.162 e. The third kappa shape index (κ3) is 4.43. The molecule has 0 spiro atoms. The predicted molar refractivity (Wildman–Crippen MR) is 91.9 cm³/mol. The molecule has 0 heterocycles. The van der Waals surface area contributed by atoms with Crippen molar-refractivity contribution >= 4 is 25.4 Å². The fourth-order valence-corrected chi connectivity index (χ4v) is 2.38. The number of ketones is 1. The second kappa shape index (κ2) is 6.77. The molecule has 1 aromatic carbocycles.